The number of hydrogen-bond donors (Lipinski definition) is 2. The van der Waals surface area contributed by atoms with E-state index < -0.39 is 0 Å². The fraction of sp³-hybridized carbons (Fsp3) is 0.357. The second kappa shape index (κ2) is 5.73. The lowest BCUT2D eigenvalue weighted by atomic mass is 9.98. The van der Waals surface area contributed by atoms with E-state index in [1.807, 2.05) is 32.2 Å². The molecule has 1 aromatic heterocycles. The number of rotatable bonds is 5. The zero-order valence-electron chi connectivity index (χ0n) is 11.6. The summed E-state index contributed by atoms with van der Waals surface area (Å²) in [5.41, 5.74) is 8.49. The Bertz CT molecular complexity index is 648. The zero-order chi connectivity index (χ0) is 14.7. The number of nitrogens with one attached hydrogen (secondary N) is 1. The molecule has 0 saturated heterocycles. The molecule has 0 aliphatic carbocycles. The molecule has 3 N–H and O–H groups in total. The lowest BCUT2D eigenvalue weighted by molar-refractivity contribution is -0.125. The Kier molecular flexibility index (Phi) is 4.02. The van der Waals surface area contributed by atoms with Crippen molar-refractivity contribution in [3.8, 4) is 0 Å². The number of benzene rings is 1. The third-order valence-corrected chi connectivity index (χ3v) is 3.42. The number of aromatic nitrogens is 2. The molecule has 1 aromatic carbocycles. The maximum absolute atomic E-state index is 11.3. The van der Waals surface area contributed by atoms with Crippen molar-refractivity contribution in [2.75, 3.05) is 5.73 Å². The second-order valence-corrected chi connectivity index (χ2v) is 4.88. The Hall–Kier alpha value is -2.37. The molecule has 2 rings (SSSR count). The number of fused-ring (bicyclic) bond motifs is 1. The first-order valence-corrected chi connectivity index (χ1v) is 6.48. The fourth-order valence-electron chi connectivity index (χ4n) is 2.38. The van der Waals surface area contributed by atoms with Gasteiger partial charge in [-0.1, -0.05) is 19.1 Å². The van der Waals surface area contributed by atoms with Crippen molar-refractivity contribution in [3.05, 3.63) is 23.9 Å². The van der Waals surface area contributed by atoms with E-state index in [4.69, 9.17) is 5.73 Å². The Balaban J connectivity index is 2.22. The van der Waals surface area contributed by atoms with Crippen LogP contribution >= 0.6 is 0 Å². The SMILES string of the molecule is CC(CCC(=O)NC=O)c1nn(C)c2c(N)cccc12. The quantitative estimate of drug-likeness (QED) is 0.635. The minimum atomic E-state index is -0.272. The van der Waals surface area contributed by atoms with E-state index in [2.05, 4.69) is 10.4 Å². The lowest BCUT2D eigenvalue weighted by Gasteiger charge is -2.08. The van der Waals surface area contributed by atoms with Crippen LogP contribution in [-0.2, 0) is 16.6 Å². The van der Waals surface area contributed by atoms with Crippen LogP contribution < -0.4 is 11.1 Å². The van der Waals surface area contributed by atoms with Crippen LogP contribution in [0.4, 0.5) is 5.69 Å². The van der Waals surface area contributed by atoms with Gasteiger partial charge in [-0.25, -0.2) is 0 Å². The summed E-state index contributed by atoms with van der Waals surface area (Å²) in [5.74, 6) is -0.162. The average molecular weight is 274 g/mol. The summed E-state index contributed by atoms with van der Waals surface area (Å²) in [6.07, 6.45) is 1.32. The van der Waals surface area contributed by atoms with Crippen LogP contribution in [0.1, 0.15) is 31.4 Å². The molecule has 2 aromatic rings. The van der Waals surface area contributed by atoms with Crippen molar-refractivity contribution in [3.63, 3.8) is 0 Å². The summed E-state index contributed by atoms with van der Waals surface area (Å²) in [6, 6.07) is 5.72. The molecule has 0 fully saturated rings. The molecule has 1 atom stereocenters. The number of para-hydroxylation sites is 1. The Morgan fingerprint density at radius 1 is 1.55 bits per heavy atom. The normalized spacial score (nSPS) is 12.3. The smallest absolute Gasteiger partial charge is 0.226 e. The van der Waals surface area contributed by atoms with Crippen LogP contribution in [0.2, 0.25) is 0 Å². The molecule has 0 saturated carbocycles. The minimum Gasteiger partial charge on any atom is -0.397 e. The van der Waals surface area contributed by atoms with Gasteiger partial charge < -0.3 is 5.73 Å². The Morgan fingerprint density at radius 3 is 3.00 bits per heavy atom. The summed E-state index contributed by atoms with van der Waals surface area (Å²) >= 11 is 0. The number of amides is 2. The van der Waals surface area contributed by atoms with Gasteiger partial charge in [0.05, 0.1) is 16.9 Å². The van der Waals surface area contributed by atoms with Gasteiger partial charge in [0, 0.05) is 24.8 Å². The molecule has 0 bridgehead atoms. The van der Waals surface area contributed by atoms with Gasteiger partial charge in [-0.3, -0.25) is 19.6 Å². The molecule has 0 aliphatic rings. The largest absolute Gasteiger partial charge is 0.397 e. The van der Waals surface area contributed by atoms with Crippen molar-refractivity contribution in [2.24, 2.45) is 7.05 Å². The van der Waals surface area contributed by atoms with Crippen LogP contribution in [0.3, 0.4) is 0 Å². The molecule has 20 heavy (non-hydrogen) atoms. The number of nitrogen functional groups attached to an aromatic ring is 1. The molecule has 0 radical (unpaired) electrons. The van der Waals surface area contributed by atoms with Crippen molar-refractivity contribution >= 4 is 28.9 Å². The first kappa shape index (κ1) is 14.0. The molecule has 6 heteroatoms. The summed E-state index contributed by atoms with van der Waals surface area (Å²) in [5, 5.41) is 7.66. The summed E-state index contributed by atoms with van der Waals surface area (Å²) in [7, 11) is 1.86. The van der Waals surface area contributed by atoms with Gasteiger partial charge in [0.1, 0.15) is 0 Å². The van der Waals surface area contributed by atoms with Gasteiger partial charge in [-0.2, -0.15) is 5.10 Å². The molecular weight excluding hydrogens is 256 g/mol. The molecule has 6 nitrogen and oxygen atoms in total. The van der Waals surface area contributed by atoms with Crippen LogP contribution in [0, 0.1) is 0 Å². The highest BCUT2D eigenvalue weighted by Crippen LogP contribution is 2.30. The van der Waals surface area contributed by atoms with Crippen LogP contribution in [0.25, 0.3) is 10.9 Å². The molecule has 0 aliphatic heterocycles. The maximum Gasteiger partial charge on any atom is 0.226 e. The first-order chi connectivity index (χ1) is 9.54. The predicted octanol–water partition coefficient (Wildman–Crippen LogP) is 1.31. The van der Waals surface area contributed by atoms with Gasteiger partial charge in [-0.15, -0.1) is 0 Å². The second-order valence-electron chi connectivity index (χ2n) is 4.88. The average Bonchev–Trinajstić information content (AvgIpc) is 2.75. The van der Waals surface area contributed by atoms with E-state index in [1.165, 1.54) is 0 Å². The topological polar surface area (TPSA) is 90.0 Å². The van der Waals surface area contributed by atoms with Crippen molar-refractivity contribution in [1.29, 1.82) is 0 Å². The van der Waals surface area contributed by atoms with E-state index >= 15 is 0 Å². The first-order valence-electron chi connectivity index (χ1n) is 6.48. The zero-order valence-corrected chi connectivity index (χ0v) is 11.6. The number of anilines is 1. The Labute approximate surface area is 116 Å². The van der Waals surface area contributed by atoms with Crippen LogP contribution in [0.15, 0.2) is 18.2 Å². The van der Waals surface area contributed by atoms with E-state index in [9.17, 15) is 9.59 Å². The molecule has 1 unspecified atom stereocenters. The highest BCUT2D eigenvalue weighted by Gasteiger charge is 2.17. The molecule has 1 heterocycles. The number of carbonyl (C=O) groups is 2. The van der Waals surface area contributed by atoms with Crippen molar-refractivity contribution in [2.45, 2.75) is 25.7 Å². The Morgan fingerprint density at radius 2 is 2.30 bits per heavy atom. The van der Waals surface area contributed by atoms with Crippen LogP contribution in [0.5, 0.6) is 0 Å². The third-order valence-electron chi connectivity index (χ3n) is 3.42. The summed E-state index contributed by atoms with van der Waals surface area (Å²) in [6.45, 7) is 2.01. The highest BCUT2D eigenvalue weighted by molar-refractivity contribution is 5.92. The number of aryl methyl sites for hydroxylation is 1. The van der Waals surface area contributed by atoms with E-state index in [1.54, 1.807) is 4.68 Å². The van der Waals surface area contributed by atoms with E-state index in [0.29, 0.717) is 24.9 Å². The predicted molar refractivity (Wildman–Crippen MR) is 77.0 cm³/mol. The molecule has 2 amide bonds. The fourth-order valence-corrected chi connectivity index (χ4v) is 2.38. The van der Waals surface area contributed by atoms with Gasteiger partial charge in [0.2, 0.25) is 12.3 Å². The lowest BCUT2D eigenvalue weighted by Crippen LogP contribution is -2.21. The number of hydrogen-bond acceptors (Lipinski definition) is 4. The van der Waals surface area contributed by atoms with Crippen molar-refractivity contribution < 1.29 is 9.59 Å². The van der Waals surface area contributed by atoms with Gasteiger partial charge in [-0.05, 0) is 12.5 Å². The summed E-state index contributed by atoms with van der Waals surface area (Å²) < 4.78 is 1.77. The van der Waals surface area contributed by atoms with Crippen LogP contribution in [-0.4, -0.2) is 22.1 Å². The van der Waals surface area contributed by atoms with E-state index in [0.717, 1.165) is 16.6 Å². The monoisotopic (exact) mass is 274 g/mol. The number of imide groups is 1. The van der Waals surface area contributed by atoms with Gasteiger partial charge in [0.25, 0.3) is 0 Å². The number of nitrogens with zero attached hydrogens (tertiary/aromatic N) is 2. The van der Waals surface area contributed by atoms with Gasteiger partial charge >= 0.3 is 0 Å². The summed E-state index contributed by atoms with van der Waals surface area (Å²) in [4.78, 5) is 21.5. The molecule has 0 spiro atoms. The maximum atomic E-state index is 11.3. The van der Waals surface area contributed by atoms with Crippen molar-refractivity contribution in [1.82, 2.24) is 15.1 Å². The number of nitrogens with two attached hydrogens (primary N) is 1. The number of carbonyl (C=O) groups excluding carboxylic acids is 2. The van der Waals surface area contributed by atoms with Gasteiger partial charge in [0.15, 0.2) is 0 Å². The van der Waals surface area contributed by atoms with E-state index in [-0.39, 0.29) is 11.8 Å². The molecule has 106 valence electrons. The highest BCUT2D eigenvalue weighted by atomic mass is 16.2. The third kappa shape index (κ3) is 2.64. The minimum absolute atomic E-state index is 0.109. The standard InChI is InChI=1S/C14H18N4O2/c1-9(6-7-12(20)16-8-19)13-10-4-3-5-11(15)14(10)18(2)17-13/h3-5,8-9H,6-7,15H2,1-2H3,(H,16,19,20). The molecular formula is C14H18N4O2.